The number of aromatic nitrogens is 1. The summed E-state index contributed by atoms with van der Waals surface area (Å²) in [5.74, 6) is 0. The van der Waals surface area contributed by atoms with E-state index in [9.17, 15) is 0 Å². The molecule has 94 valence electrons. The first-order chi connectivity index (χ1) is 8.43. The van der Waals surface area contributed by atoms with Crippen molar-refractivity contribution in [2.45, 2.75) is 34.6 Å². The topological polar surface area (TPSA) is 38.9 Å². The average molecular weight is 240 g/mol. The summed E-state index contributed by atoms with van der Waals surface area (Å²) < 4.78 is 0. The molecule has 1 aromatic heterocycles. The number of hydrogen-bond donors (Lipinski definition) is 1. The summed E-state index contributed by atoms with van der Waals surface area (Å²) in [6.45, 7) is 10.6. The van der Waals surface area contributed by atoms with Gasteiger partial charge in [-0.3, -0.25) is 4.98 Å². The first-order valence-electron chi connectivity index (χ1n) is 6.22. The lowest BCUT2D eigenvalue weighted by molar-refractivity contribution is 1.21. The van der Waals surface area contributed by atoms with Crippen LogP contribution in [-0.4, -0.2) is 4.98 Å². The molecule has 2 nitrogen and oxygen atoms in total. The summed E-state index contributed by atoms with van der Waals surface area (Å²) in [6, 6.07) is 4.17. The van der Waals surface area contributed by atoms with Crippen molar-refractivity contribution in [2.75, 3.05) is 5.73 Å². The fourth-order valence-electron chi connectivity index (χ4n) is 2.34. The van der Waals surface area contributed by atoms with Crippen LogP contribution in [0.1, 0.15) is 27.8 Å². The van der Waals surface area contributed by atoms with Crippen LogP contribution in [0.15, 0.2) is 18.3 Å². The molecular weight excluding hydrogens is 220 g/mol. The van der Waals surface area contributed by atoms with Crippen LogP contribution < -0.4 is 5.73 Å². The average Bonchev–Trinajstić information content (AvgIpc) is 2.32. The highest BCUT2D eigenvalue weighted by Gasteiger charge is 2.14. The number of benzene rings is 1. The lowest BCUT2D eigenvalue weighted by atomic mass is 9.91. The summed E-state index contributed by atoms with van der Waals surface area (Å²) in [6.07, 6.45) is 1.83. The molecule has 0 unspecified atom stereocenters. The first-order valence-corrected chi connectivity index (χ1v) is 6.22. The van der Waals surface area contributed by atoms with Crippen LogP contribution in [0.25, 0.3) is 11.3 Å². The van der Waals surface area contributed by atoms with Gasteiger partial charge in [-0.05, 0) is 68.5 Å². The first kappa shape index (κ1) is 12.6. The molecule has 2 N–H and O–H groups in total. The summed E-state index contributed by atoms with van der Waals surface area (Å²) >= 11 is 0. The molecule has 0 spiro atoms. The molecule has 0 amide bonds. The van der Waals surface area contributed by atoms with E-state index in [1.54, 1.807) is 0 Å². The van der Waals surface area contributed by atoms with Crippen LogP contribution in [0.4, 0.5) is 5.69 Å². The van der Waals surface area contributed by atoms with Crippen LogP contribution >= 0.6 is 0 Å². The normalized spacial score (nSPS) is 10.7. The van der Waals surface area contributed by atoms with E-state index in [4.69, 9.17) is 5.73 Å². The van der Waals surface area contributed by atoms with Gasteiger partial charge in [-0.1, -0.05) is 6.07 Å². The zero-order valence-corrected chi connectivity index (χ0v) is 11.8. The molecule has 1 aromatic carbocycles. The molecule has 1 heterocycles. The van der Waals surface area contributed by atoms with Crippen molar-refractivity contribution in [2.24, 2.45) is 0 Å². The Kier molecular flexibility index (Phi) is 3.12. The van der Waals surface area contributed by atoms with E-state index >= 15 is 0 Å². The molecule has 0 aliphatic rings. The van der Waals surface area contributed by atoms with Gasteiger partial charge in [-0.2, -0.15) is 0 Å². The van der Waals surface area contributed by atoms with E-state index in [1.807, 2.05) is 19.2 Å². The Morgan fingerprint density at radius 1 is 0.889 bits per heavy atom. The molecule has 2 heteroatoms. The summed E-state index contributed by atoms with van der Waals surface area (Å²) in [5.41, 5.74) is 15.3. The van der Waals surface area contributed by atoms with Gasteiger partial charge in [0, 0.05) is 11.8 Å². The molecule has 2 rings (SSSR count). The highest BCUT2D eigenvalue weighted by Crippen LogP contribution is 2.34. The maximum Gasteiger partial charge on any atom is 0.0939 e. The van der Waals surface area contributed by atoms with Crippen LogP contribution in [0.3, 0.4) is 0 Å². The van der Waals surface area contributed by atoms with E-state index < -0.39 is 0 Å². The second kappa shape index (κ2) is 4.45. The molecular formula is C16H20N2. The predicted octanol–water partition coefficient (Wildman–Crippen LogP) is 3.87. The van der Waals surface area contributed by atoms with Gasteiger partial charge in [-0.25, -0.2) is 0 Å². The van der Waals surface area contributed by atoms with Gasteiger partial charge in [0.2, 0.25) is 0 Å². The lowest BCUT2D eigenvalue weighted by Crippen LogP contribution is -2.01. The van der Waals surface area contributed by atoms with Crippen molar-refractivity contribution in [3.05, 3.63) is 46.1 Å². The van der Waals surface area contributed by atoms with Crippen LogP contribution in [0.2, 0.25) is 0 Å². The quantitative estimate of drug-likeness (QED) is 0.821. The number of nitrogens with two attached hydrogens (primary N) is 1. The van der Waals surface area contributed by atoms with Gasteiger partial charge in [-0.15, -0.1) is 0 Å². The standard InChI is InChI=1S/C16H20N2/c1-9-6-7-18-16(15(9)17)14-12(4)10(2)8-11(3)13(14)5/h6-8H,17H2,1-5H3. The van der Waals surface area contributed by atoms with Gasteiger partial charge in [0.25, 0.3) is 0 Å². The van der Waals surface area contributed by atoms with Crippen molar-refractivity contribution in [1.29, 1.82) is 0 Å². The van der Waals surface area contributed by atoms with Gasteiger partial charge < -0.3 is 5.73 Å². The number of aryl methyl sites for hydroxylation is 3. The fourth-order valence-corrected chi connectivity index (χ4v) is 2.34. The monoisotopic (exact) mass is 240 g/mol. The van der Waals surface area contributed by atoms with E-state index in [0.29, 0.717) is 0 Å². The molecule has 0 saturated heterocycles. The van der Waals surface area contributed by atoms with Crippen LogP contribution in [0.5, 0.6) is 0 Å². The molecule has 0 atom stereocenters. The highest BCUT2D eigenvalue weighted by atomic mass is 14.7. The Morgan fingerprint density at radius 2 is 1.44 bits per heavy atom. The molecule has 0 aliphatic carbocycles. The number of pyridine rings is 1. The van der Waals surface area contributed by atoms with E-state index in [1.165, 1.54) is 27.8 Å². The third kappa shape index (κ3) is 1.88. The Labute approximate surface area is 109 Å². The number of rotatable bonds is 1. The minimum atomic E-state index is 0.786. The molecule has 0 fully saturated rings. The zero-order valence-electron chi connectivity index (χ0n) is 11.8. The second-order valence-electron chi connectivity index (χ2n) is 5.03. The zero-order chi connectivity index (χ0) is 13.4. The maximum absolute atomic E-state index is 6.19. The molecule has 18 heavy (non-hydrogen) atoms. The minimum Gasteiger partial charge on any atom is -0.397 e. The van der Waals surface area contributed by atoms with Crippen molar-refractivity contribution < 1.29 is 0 Å². The summed E-state index contributed by atoms with van der Waals surface area (Å²) in [4.78, 5) is 4.49. The van der Waals surface area contributed by atoms with Crippen molar-refractivity contribution >= 4 is 5.69 Å². The fraction of sp³-hybridized carbons (Fsp3) is 0.312. The second-order valence-corrected chi connectivity index (χ2v) is 5.03. The van der Waals surface area contributed by atoms with E-state index in [0.717, 1.165) is 16.9 Å². The number of nitrogens with zero attached hydrogens (tertiary/aromatic N) is 1. The smallest absolute Gasteiger partial charge is 0.0939 e. The predicted molar refractivity (Wildman–Crippen MR) is 77.8 cm³/mol. The third-order valence-electron chi connectivity index (χ3n) is 3.81. The molecule has 0 bridgehead atoms. The number of hydrogen-bond acceptors (Lipinski definition) is 2. The van der Waals surface area contributed by atoms with Gasteiger partial charge >= 0.3 is 0 Å². The molecule has 0 saturated carbocycles. The van der Waals surface area contributed by atoms with Gasteiger partial charge in [0.05, 0.1) is 11.4 Å². The van der Waals surface area contributed by atoms with Crippen LogP contribution in [0, 0.1) is 34.6 Å². The molecule has 2 aromatic rings. The Hall–Kier alpha value is -1.83. The Morgan fingerprint density at radius 3 is 2.00 bits per heavy atom. The van der Waals surface area contributed by atoms with E-state index in [-0.39, 0.29) is 0 Å². The summed E-state index contributed by atoms with van der Waals surface area (Å²) in [7, 11) is 0. The SMILES string of the molecule is Cc1cc(C)c(C)c(-c2nccc(C)c2N)c1C. The summed E-state index contributed by atoms with van der Waals surface area (Å²) in [5, 5.41) is 0. The van der Waals surface area contributed by atoms with Crippen molar-refractivity contribution in [3.63, 3.8) is 0 Å². The Balaban J connectivity index is 2.83. The van der Waals surface area contributed by atoms with Crippen LogP contribution in [-0.2, 0) is 0 Å². The third-order valence-corrected chi connectivity index (χ3v) is 3.81. The largest absolute Gasteiger partial charge is 0.397 e. The number of nitrogen functional groups attached to an aromatic ring is 1. The molecule has 0 aliphatic heterocycles. The molecule has 0 radical (unpaired) electrons. The van der Waals surface area contributed by atoms with Crippen molar-refractivity contribution in [1.82, 2.24) is 4.98 Å². The minimum absolute atomic E-state index is 0.786. The van der Waals surface area contributed by atoms with Gasteiger partial charge in [0.15, 0.2) is 0 Å². The van der Waals surface area contributed by atoms with Gasteiger partial charge in [0.1, 0.15) is 0 Å². The number of anilines is 1. The maximum atomic E-state index is 6.19. The van der Waals surface area contributed by atoms with E-state index in [2.05, 4.69) is 38.7 Å². The Bertz CT molecular complexity index is 587. The highest BCUT2D eigenvalue weighted by molar-refractivity contribution is 5.80. The lowest BCUT2D eigenvalue weighted by Gasteiger charge is -2.17. The van der Waals surface area contributed by atoms with Crippen molar-refractivity contribution in [3.8, 4) is 11.3 Å².